The topological polar surface area (TPSA) is 78.7 Å². The minimum Gasteiger partial charge on any atom is -0.365 e. The molecule has 0 radical (unpaired) electrons. The highest BCUT2D eigenvalue weighted by Gasteiger charge is 2.27. The van der Waals surface area contributed by atoms with E-state index in [1.165, 1.54) is 16.2 Å². The fourth-order valence-electron chi connectivity index (χ4n) is 3.73. The van der Waals surface area contributed by atoms with Crippen LogP contribution in [0.5, 0.6) is 0 Å². The Morgan fingerprint density at radius 1 is 1.24 bits per heavy atom. The standard InChI is InChI=1S/C18H28N4O2S/c1-3-21-6-8-22(9-7-21)11-15(23)20-18-16(17(19)24)13-5-4-12(2)10-14(13)25-18/h12H,3-11H2,1-2H3,(H2,19,24)(H,20,23). The summed E-state index contributed by atoms with van der Waals surface area (Å²) in [5, 5.41) is 3.60. The van der Waals surface area contributed by atoms with Gasteiger partial charge in [-0.15, -0.1) is 11.3 Å². The largest absolute Gasteiger partial charge is 0.365 e. The van der Waals surface area contributed by atoms with Gasteiger partial charge in [0.05, 0.1) is 12.1 Å². The first kappa shape index (κ1) is 18.4. The van der Waals surface area contributed by atoms with Crippen LogP contribution in [-0.4, -0.2) is 60.9 Å². The van der Waals surface area contributed by atoms with E-state index in [9.17, 15) is 9.59 Å². The van der Waals surface area contributed by atoms with Crippen LogP contribution in [0.25, 0.3) is 0 Å². The van der Waals surface area contributed by atoms with Gasteiger partial charge < -0.3 is 16.0 Å². The molecule has 0 aromatic carbocycles. The lowest BCUT2D eigenvalue weighted by molar-refractivity contribution is -0.117. The molecule has 3 rings (SSSR count). The number of nitrogens with one attached hydrogen (secondary N) is 1. The average molecular weight is 365 g/mol. The molecule has 1 aliphatic heterocycles. The number of carbonyl (C=O) groups excluding carboxylic acids is 2. The highest BCUT2D eigenvalue weighted by Crippen LogP contribution is 2.39. The molecule has 1 fully saturated rings. The van der Waals surface area contributed by atoms with E-state index in [0.29, 0.717) is 23.0 Å². The lowest BCUT2D eigenvalue weighted by Gasteiger charge is -2.33. The predicted octanol–water partition coefficient (Wildman–Crippen LogP) is 1.55. The van der Waals surface area contributed by atoms with Crippen LogP contribution in [0.4, 0.5) is 5.00 Å². The molecule has 1 unspecified atom stereocenters. The van der Waals surface area contributed by atoms with Gasteiger partial charge in [0.2, 0.25) is 5.91 Å². The molecule has 25 heavy (non-hydrogen) atoms. The monoisotopic (exact) mass is 364 g/mol. The molecule has 3 N–H and O–H groups in total. The Labute approximate surface area is 153 Å². The molecule has 138 valence electrons. The number of primary amides is 1. The van der Waals surface area contributed by atoms with Crippen molar-refractivity contribution in [3.63, 3.8) is 0 Å². The molecule has 6 nitrogen and oxygen atoms in total. The zero-order chi connectivity index (χ0) is 18.0. The van der Waals surface area contributed by atoms with Gasteiger partial charge in [-0.05, 0) is 37.3 Å². The first-order chi connectivity index (χ1) is 12.0. The van der Waals surface area contributed by atoms with Crippen molar-refractivity contribution in [3.05, 3.63) is 16.0 Å². The molecule has 1 aromatic rings. The number of carbonyl (C=O) groups is 2. The number of nitrogens with zero attached hydrogens (tertiary/aromatic N) is 2. The van der Waals surface area contributed by atoms with E-state index in [1.807, 2.05) is 0 Å². The minimum absolute atomic E-state index is 0.0564. The molecule has 0 bridgehead atoms. The van der Waals surface area contributed by atoms with Gasteiger partial charge in [-0.2, -0.15) is 0 Å². The van der Waals surface area contributed by atoms with Crippen LogP contribution in [-0.2, 0) is 17.6 Å². The van der Waals surface area contributed by atoms with Gasteiger partial charge >= 0.3 is 0 Å². The van der Waals surface area contributed by atoms with Crippen LogP contribution in [0.3, 0.4) is 0 Å². The third-order valence-corrected chi connectivity index (χ3v) is 6.46. The van der Waals surface area contributed by atoms with Crippen molar-refractivity contribution in [2.24, 2.45) is 11.7 Å². The summed E-state index contributed by atoms with van der Waals surface area (Å²) in [6, 6.07) is 0. The second-order valence-electron chi connectivity index (χ2n) is 7.18. The summed E-state index contributed by atoms with van der Waals surface area (Å²) in [6.45, 7) is 9.62. The van der Waals surface area contributed by atoms with Crippen molar-refractivity contribution in [1.29, 1.82) is 0 Å². The normalized spacial score (nSPS) is 21.8. The van der Waals surface area contributed by atoms with E-state index in [-0.39, 0.29) is 5.91 Å². The Balaban J connectivity index is 1.66. The van der Waals surface area contributed by atoms with Crippen LogP contribution in [0.15, 0.2) is 0 Å². The van der Waals surface area contributed by atoms with Crippen molar-refractivity contribution in [2.45, 2.75) is 33.1 Å². The molecular formula is C18H28N4O2S. The zero-order valence-electron chi connectivity index (χ0n) is 15.1. The number of likely N-dealkylation sites (N-methyl/N-ethyl adjacent to an activating group) is 1. The predicted molar refractivity (Wildman–Crippen MR) is 101 cm³/mol. The summed E-state index contributed by atoms with van der Waals surface area (Å²) in [7, 11) is 0. The van der Waals surface area contributed by atoms with E-state index in [4.69, 9.17) is 5.73 Å². The number of nitrogens with two attached hydrogens (primary N) is 1. The highest BCUT2D eigenvalue weighted by molar-refractivity contribution is 7.17. The SMILES string of the molecule is CCN1CCN(CC(=O)Nc2sc3c(c2C(N)=O)CCC(C)C3)CC1. The third kappa shape index (κ3) is 4.22. The molecule has 7 heteroatoms. The quantitative estimate of drug-likeness (QED) is 0.831. The fourth-order valence-corrected chi connectivity index (χ4v) is 5.16. The van der Waals surface area contributed by atoms with E-state index in [1.54, 1.807) is 0 Å². The van der Waals surface area contributed by atoms with E-state index < -0.39 is 5.91 Å². The summed E-state index contributed by atoms with van der Waals surface area (Å²) in [4.78, 5) is 30.2. The van der Waals surface area contributed by atoms with Crippen LogP contribution in [0, 0.1) is 5.92 Å². The maximum atomic E-state index is 12.5. The Hall–Kier alpha value is -1.44. The van der Waals surface area contributed by atoms with Gasteiger partial charge in [-0.25, -0.2) is 0 Å². The Morgan fingerprint density at radius 3 is 2.56 bits per heavy atom. The van der Waals surface area contributed by atoms with Crippen molar-refractivity contribution in [1.82, 2.24) is 9.80 Å². The number of hydrogen-bond acceptors (Lipinski definition) is 5. The van der Waals surface area contributed by atoms with E-state index in [2.05, 4.69) is 29.0 Å². The number of piperazine rings is 1. The van der Waals surface area contributed by atoms with Gasteiger partial charge in [0.15, 0.2) is 0 Å². The lowest BCUT2D eigenvalue weighted by atomic mass is 9.88. The van der Waals surface area contributed by atoms with Gasteiger partial charge in [0.25, 0.3) is 5.91 Å². The van der Waals surface area contributed by atoms with E-state index in [0.717, 1.165) is 57.5 Å². The molecule has 2 heterocycles. The molecule has 2 amide bonds. The summed E-state index contributed by atoms with van der Waals surface area (Å²) in [5.74, 6) is 0.128. The van der Waals surface area contributed by atoms with E-state index >= 15 is 0 Å². The summed E-state index contributed by atoms with van der Waals surface area (Å²) >= 11 is 1.53. The number of thiophene rings is 1. The molecule has 2 aliphatic rings. The smallest absolute Gasteiger partial charge is 0.251 e. The number of hydrogen-bond donors (Lipinski definition) is 2. The van der Waals surface area contributed by atoms with Crippen LogP contribution >= 0.6 is 11.3 Å². The van der Waals surface area contributed by atoms with Gasteiger partial charge in [-0.3, -0.25) is 14.5 Å². The van der Waals surface area contributed by atoms with Crippen LogP contribution < -0.4 is 11.1 Å². The van der Waals surface area contributed by atoms with Gasteiger partial charge in [0.1, 0.15) is 5.00 Å². The molecule has 1 aromatic heterocycles. The van der Waals surface area contributed by atoms with Crippen LogP contribution in [0.1, 0.15) is 41.1 Å². The second kappa shape index (κ2) is 7.85. The number of rotatable bonds is 5. The number of anilines is 1. The van der Waals surface area contributed by atoms with Crippen molar-refractivity contribution in [2.75, 3.05) is 44.6 Å². The molecule has 1 atom stereocenters. The Kier molecular flexibility index (Phi) is 5.76. The maximum absolute atomic E-state index is 12.5. The van der Waals surface area contributed by atoms with Gasteiger partial charge in [0, 0.05) is 31.1 Å². The summed E-state index contributed by atoms with van der Waals surface area (Å²) in [6.07, 6.45) is 2.91. The maximum Gasteiger partial charge on any atom is 0.251 e. The molecule has 0 saturated carbocycles. The number of amides is 2. The fraction of sp³-hybridized carbons (Fsp3) is 0.667. The van der Waals surface area contributed by atoms with Crippen molar-refractivity contribution in [3.8, 4) is 0 Å². The van der Waals surface area contributed by atoms with Crippen molar-refractivity contribution < 1.29 is 9.59 Å². The Bertz CT molecular complexity index is 650. The zero-order valence-corrected chi connectivity index (χ0v) is 16.0. The molecule has 0 spiro atoms. The lowest BCUT2D eigenvalue weighted by Crippen LogP contribution is -2.48. The summed E-state index contributed by atoms with van der Waals surface area (Å²) < 4.78 is 0. The van der Waals surface area contributed by atoms with Gasteiger partial charge in [-0.1, -0.05) is 13.8 Å². The highest BCUT2D eigenvalue weighted by atomic mass is 32.1. The molecule has 1 aliphatic carbocycles. The molecular weight excluding hydrogens is 336 g/mol. The minimum atomic E-state index is -0.432. The second-order valence-corrected chi connectivity index (χ2v) is 8.28. The molecule has 1 saturated heterocycles. The number of fused-ring (bicyclic) bond motifs is 1. The van der Waals surface area contributed by atoms with Crippen molar-refractivity contribution >= 4 is 28.2 Å². The first-order valence-corrected chi connectivity index (χ1v) is 9.98. The first-order valence-electron chi connectivity index (χ1n) is 9.16. The van der Waals surface area contributed by atoms with Crippen LogP contribution in [0.2, 0.25) is 0 Å². The third-order valence-electron chi connectivity index (χ3n) is 5.29. The average Bonchev–Trinajstić information content (AvgIpc) is 2.92. The summed E-state index contributed by atoms with van der Waals surface area (Å²) in [5.41, 5.74) is 7.20. The Morgan fingerprint density at radius 2 is 1.92 bits per heavy atom.